The van der Waals surface area contributed by atoms with Crippen molar-refractivity contribution in [3.05, 3.63) is 85.1 Å². The number of hydrogen-bond acceptors (Lipinski definition) is 15. The molecule has 0 rings (SSSR count). The van der Waals surface area contributed by atoms with Gasteiger partial charge in [-0.05, 0) is 103 Å². The van der Waals surface area contributed by atoms with Gasteiger partial charge in [0.2, 0.25) is 0 Å². The third-order valence-electron chi connectivity index (χ3n) is 18.4. The summed E-state index contributed by atoms with van der Waals surface area (Å²) in [6.07, 6.45) is 83.9. The predicted molar refractivity (Wildman–Crippen MR) is 436 cm³/mol. The molecule has 0 aliphatic heterocycles. The van der Waals surface area contributed by atoms with Crippen LogP contribution in [0.1, 0.15) is 387 Å². The molecule has 19 heteroatoms. The van der Waals surface area contributed by atoms with Crippen molar-refractivity contribution >= 4 is 39.5 Å². The highest BCUT2D eigenvalue weighted by atomic mass is 31.2. The van der Waals surface area contributed by atoms with Gasteiger partial charge in [0.25, 0.3) is 0 Å². The lowest BCUT2D eigenvalue weighted by molar-refractivity contribution is -0.161. The molecule has 0 radical (unpaired) electrons. The van der Waals surface area contributed by atoms with Crippen molar-refractivity contribution in [2.75, 3.05) is 39.6 Å². The molecule has 5 unspecified atom stereocenters. The van der Waals surface area contributed by atoms with Gasteiger partial charge in [-0.1, -0.05) is 344 Å². The molecule has 0 aromatic carbocycles. The van der Waals surface area contributed by atoms with Crippen LogP contribution in [-0.2, 0) is 65.4 Å². The van der Waals surface area contributed by atoms with Crippen molar-refractivity contribution in [2.24, 2.45) is 0 Å². The monoisotopic (exact) mass is 1540 g/mol. The van der Waals surface area contributed by atoms with Gasteiger partial charge >= 0.3 is 39.5 Å². The van der Waals surface area contributed by atoms with Gasteiger partial charge in [-0.3, -0.25) is 37.3 Å². The smallest absolute Gasteiger partial charge is 0.462 e. The topological polar surface area (TPSA) is 237 Å². The summed E-state index contributed by atoms with van der Waals surface area (Å²) in [5.74, 6) is -2.18. The zero-order valence-corrected chi connectivity index (χ0v) is 69.4. The van der Waals surface area contributed by atoms with Crippen molar-refractivity contribution < 1.29 is 80.2 Å². The second-order valence-electron chi connectivity index (χ2n) is 28.8. The average Bonchev–Trinajstić information content (AvgIpc) is 0.928. The number of esters is 4. The molecule has 0 aliphatic rings. The molecule has 0 amide bonds. The molecule has 3 N–H and O–H groups in total. The van der Waals surface area contributed by atoms with Crippen LogP contribution in [0.2, 0.25) is 0 Å². The number of phosphoric acid groups is 2. The first-order valence-electron chi connectivity index (χ1n) is 42.8. The number of carbonyl (C=O) groups is 4. The lowest BCUT2D eigenvalue weighted by atomic mass is 10.0. The van der Waals surface area contributed by atoms with Gasteiger partial charge in [-0.2, -0.15) is 0 Å². The van der Waals surface area contributed by atoms with Crippen molar-refractivity contribution in [1.82, 2.24) is 0 Å². The number of rotatable bonds is 81. The van der Waals surface area contributed by atoms with Gasteiger partial charge in [0.15, 0.2) is 12.2 Å². The third kappa shape index (κ3) is 78.4. The van der Waals surface area contributed by atoms with E-state index in [0.29, 0.717) is 25.7 Å². The van der Waals surface area contributed by atoms with Gasteiger partial charge in [0.1, 0.15) is 19.3 Å². The molecule has 0 spiro atoms. The molecule has 0 fully saturated rings. The number of aliphatic hydroxyl groups excluding tert-OH is 1. The molecule has 0 saturated carbocycles. The van der Waals surface area contributed by atoms with E-state index in [4.69, 9.17) is 37.0 Å². The van der Waals surface area contributed by atoms with E-state index in [0.717, 1.165) is 161 Å². The largest absolute Gasteiger partial charge is 0.472 e. The van der Waals surface area contributed by atoms with Crippen LogP contribution in [-0.4, -0.2) is 96.7 Å². The summed E-state index contributed by atoms with van der Waals surface area (Å²) in [4.78, 5) is 73.2. The number of allylic oxidation sites excluding steroid dienone is 14. The summed E-state index contributed by atoms with van der Waals surface area (Å²) in [5, 5.41) is 10.7. The first-order chi connectivity index (χ1) is 51.7. The van der Waals surface area contributed by atoms with Gasteiger partial charge in [0, 0.05) is 25.7 Å². The van der Waals surface area contributed by atoms with Gasteiger partial charge < -0.3 is 33.8 Å². The predicted octanol–water partition coefficient (Wildman–Crippen LogP) is 25.3. The number of hydrogen-bond donors (Lipinski definition) is 3. The Balaban J connectivity index is 5.36. The van der Waals surface area contributed by atoms with E-state index in [1.54, 1.807) is 0 Å². The molecule has 0 heterocycles. The fourth-order valence-electron chi connectivity index (χ4n) is 11.9. The number of unbranched alkanes of at least 4 members (excludes halogenated alkanes) is 41. The molecular weight excluding hydrogens is 1380 g/mol. The standard InChI is InChI=1S/C87H156O17P2/c1-5-9-13-17-21-25-29-33-37-39-40-42-46-48-52-56-60-64-68-72-85(90)98-78-83(104-87(92)74-70-66-62-58-54-50-44-36-32-28-24-20-16-12-8-4)80-102-106(95,96)100-76-81(88)75-99-105(93,94)101-79-82(103-86(91)73-69-65-61-57-53-49-43-35-31-27-23-19-15-11-7-3)77-97-84(89)71-67-63-59-55-51-47-45-41-38-34-30-26-22-18-14-10-6-2/h10,14,21-22,25-26,33-34,37-38,40,42,45,47,81-83,88H,5-9,11-13,15-20,23-24,27-32,35-36,39,41,43-44,46,48-80H2,1-4H3,(H,93,94)(H,95,96)/b14-10-,25-21-,26-22-,37-33-,38-34-,42-40-,47-45-. The minimum atomic E-state index is -4.98. The molecule has 0 aromatic rings. The molecular formula is C87H156O17P2. The highest BCUT2D eigenvalue weighted by molar-refractivity contribution is 7.47. The van der Waals surface area contributed by atoms with Gasteiger partial charge in [-0.25, -0.2) is 9.13 Å². The van der Waals surface area contributed by atoms with Crippen LogP contribution in [0.15, 0.2) is 85.1 Å². The van der Waals surface area contributed by atoms with Crippen LogP contribution in [0.4, 0.5) is 0 Å². The fourth-order valence-corrected chi connectivity index (χ4v) is 13.4. The summed E-state index contributed by atoms with van der Waals surface area (Å²) < 4.78 is 68.8. The van der Waals surface area contributed by atoms with Crippen molar-refractivity contribution in [3.63, 3.8) is 0 Å². The first-order valence-corrected chi connectivity index (χ1v) is 45.8. The van der Waals surface area contributed by atoms with Crippen LogP contribution in [0.3, 0.4) is 0 Å². The molecule has 0 aliphatic carbocycles. The molecule has 0 bridgehead atoms. The van der Waals surface area contributed by atoms with Crippen LogP contribution in [0.25, 0.3) is 0 Å². The lowest BCUT2D eigenvalue weighted by Gasteiger charge is -2.21. The Morgan fingerprint density at radius 3 is 0.774 bits per heavy atom. The minimum Gasteiger partial charge on any atom is -0.462 e. The molecule has 5 atom stereocenters. The summed E-state index contributed by atoms with van der Waals surface area (Å²) in [6, 6.07) is 0. The Bertz CT molecular complexity index is 2330. The van der Waals surface area contributed by atoms with Gasteiger partial charge in [0.05, 0.1) is 26.4 Å². The molecule has 17 nitrogen and oxygen atoms in total. The number of aliphatic hydroxyl groups is 1. The maximum absolute atomic E-state index is 13.1. The number of phosphoric ester groups is 2. The van der Waals surface area contributed by atoms with Gasteiger partial charge in [-0.15, -0.1) is 0 Å². The quantitative estimate of drug-likeness (QED) is 0.0169. The van der Waals surface area contributed by atoms with E-state index in [1.807, 2.05) is 0 Å². The summed E-state index contributed by atoms with van der Waals surface area (Å²) in [6.45, 7) is 4.79. The number of ether oxygens (including phenoxy) is 4. The second kappa shape index (κ2) is 79.3. The molecule has 616 valence electrons. The normalized spacial score (nSPS) is 14.2. The number of carbonyl (C=O) groups excluding carboxylic acids is 4. The highest BCUT2D eigenvalue weighted by Crippen LogP contribution is 2.45. The minimum absolute atomic E-state index is 0.0942. The molecule has 106 heavy (non-hydrogen) atoms. The van der Waals surface area contributed by atoms with E-state index in [9.17, 15) is 43.2 Å². The SMILES string of the molecule is CC/C=C\C/C=C\C/C=C\C/C=C\CCCCCCC(=O)OCC(COP(=O)(O)OCC(O)COP(=O)(O)OCC(COC(=O)CCCCCCCC/C=C\C/C=C\C/C=C\CCCCC)OC(=O)CCCCCCCCCCCCCCCCC)OC(=O)CCCCCCCCCCCCCCCCC. The Morgan fingerprint density at radius 2 is 0.491 bits per heavy atom. The molecule has 0 saturated heterocycles. The van der Waals surface area contributed by atoms with Crippen molar-refractivity contribution in [1.29, 1.82) is 0 Å². The Morgan fingerprint density at radius 1 is 0.274 bits per heavy atom. The van der Waals surface area contributed by atoms with E-state index < -0.39 is 97.5 Å². The second-order valence-corrected chi connectivity index (χ2v) is 31.7. The van der Waals surface area contributed by atoms with Crippen molar-refractivity contribution in [3.8, 4) is 0 Å². The van der Waals surface area contributed by atoms with Crippen LogP contribution < -0.4 is 0 Å². The Kier molecular flexibility index (Phi) is 76.5. The maximum atomic E-state index is 13.1. The molecule has 0 aromatic heterocycles. The van der Waals surface area contributed by atoms with Crippen LogP contribution >= 0.6 is 15.6 Å². The summed E-state index contributed by atoms with van der Waals surface area (Å²) in [5.41, 5.74) is 0. The first kappa shape index (κ1) is 102. The summed E-state index contributed by atoms with van der Waals surface area (Å²) >= 11 is 0. The van der Waals surface area contributed by atoms with Crippen molar-refractivity contribution in [2.45, 2.75) is 406 Å². The van der Waals surface area contributed by atoms with Crippen LogP contribution in [0, 0.1) is 0 Å². The van der Waals surface area contributed by atoms with Crippen LogP contribution in [0.5, 0.6) is 0 Å². The van der Waals surface area contributed by atoms with E-state index in [2.05, 4.69) is 113 Å². The zero-order valence-electron chi connectivity index (χ0n) is 67.6. The third-order valence-corrected chi connectivity index (χ3v) is 20.3. The Hall–Kier alpha value is -3.76. The maximum Gasteiger partial charge on any atom is 0.472 e. The van der Waals surface area contributed by atoms with E-state index in [1.165, 1.54) is 148 Å². The zero-order chi connectivity index (χ0) is 77.4. The fraction of sp³-hybridized carbons (Fsp3) is 0.793. The highest BCUT2D eigenvalue weighted by Gasteiger charge is 2.30. The Labute approximate surface area is 646 Å². The van der Waals surface area contributed by atoms with E-state index >= 15 is 0 Å². The lowest BCUT2D eigenvalue weighted by Crippen LogP contribution is -2.30. The van der Waals surface area contributed by atoms with E-state index in [-0.39, 0.29) is 25.7 Å². The average molecular weight is 1540 g/mol. The summed E-state index contributed by atoms with van der Waals surface area (Å²) in [7, 11) is -9.96.